The van der Waals surface area contributed by atoms with E-state index < -0.39 is 0 Å². The van der Waals surface area contributed by atoms with Gasteiger partial charge in [0, 0.05) is 12.2 Å². The Morgan fingerprint density at radius 3 is 2.84 bits per heavy atom. The fraction of sp³-hybridized carbons (Fsp3) is 0.188. The molecule has 3 nitrogen and oxygen atoms in total. The predicted molar refractivity (Wildman–Crippen MR) is 74.2 cm³/mol. The highest BCUT2D eigenvalue weighted by atomic mass is 16.5. The van der Waals surface area contributed by atoms with Crippen LogP contribution in [0.1, 0.15) is 21.5 Å². The number of fused-ring (bicyclic) bond motifs is 1. The third kappa shape index (κ3) is 2.60. The van der Waals surface area contributed by atoms with Gasteiger partial charge in [0.25, 0.3) is 0 Å². The maximum absolute atomic E-state index is 12.0. The molecule has 1 N–H and O–H groups in total. The van der Waals surface area contributed by atoms with E-state index in [-0.39, 0.29) is 5.97 Å². The lowest BCUT2D eigenvalue weighted by molar-refractivity contribution is 0.0473. The SMILES string of the molecule is O=C(OCc1ccccc1)c1ccc2c(c1)NCC2. The molecule has 0 saturated heterocycles. The third-order valence-corrected chi connectivity index (χ3v) is 3.27. The first-order valence-electron chi connectivity index (χ1n) is 6.41. The summed E-state index contributed by atoms with van der Waals surface area (Å²) in [7, 11) is 0. The fourth-order valence-electron chi connectivity index (χ4n) is 2.22. The molecule has 0 bridgehead atoms. The summed E-state index contributed by atoms with van der Waals surface area (Å²) >= 11 is 0. The minimum Gasteiger partial charge on any atom is -0.457 e. The monoisotopic (exact) mass is 253 g/mol. The van der Waals surface area contributed by atoms with Crippen molar-refractivity contribution in [2.75, 3.05) is 11.9 Å². The van der Waals surface area contributed by atoms with Crippen molar-refractivity contribution in [3.63, 3.8) is 0 Å². The molecule has 3 rings (SSSR count). The number of carbonyl (C=O) groups is 1. The molecule has 0 amide bonds. The van der Waals surface area contributed by atoms with Gasteiger partial charge in [-0.1, -0.05) is 36.4 Å². The van der Waals surface area contributed by atoms with Crippen molar-refractivity contribution in [3.8, 4) is 0 Å². The van der Waals surface area contributed by atoms with E-state index in [9.17, 15) is 4.79 Å². The third-order valence-electron chi connectivity index (χ3n) is 3.27. The summed E-state index contributed by atoms with van der Waals surface area (Å²) in [4.78, 5) is 12.0. The standard InChI is InChI=1S/C16H15NO2/c18-16(19-11-12-4-2-1-3-5-12)14-7-6-13-8-9-17-15(13)10-14/h1-7,10,17H,8-9,11H2. The van der Waals surface area contributed by atoms with Crippen LogP contribution in [0, 0.1) is 0 Å². The smallest absolute Gasteiger partial charge is 0.338 e. The molecule has 0 aliphatic carbocycles. The summed E-state index contributed by atoms with van der Waals surface area (Å²) in [5.74, 6) is -0.277. The lowest BCUT2D eigenvalue weighted by atomic mass is 10.1. The van der Waals surface area contributed by atoms with E-state index in [4.69, 9.17) is 4.74 Å². The molecule has 0 unspecified atom stereocenters. The molecule has 96 valence electrons. The summed E-state index contributed by atoms with van der Waals surface area (Å²) in [5, 5.41) is 3.26. The minimum absolute atomic E-state index is 0.277. The Balaban J connectivity index is 1.67. The number of benzene rings is 2. The van der Waals surface area contributed by atoms with Gasteiger partial charge in [0.15, 0.2) is 0 Å². The molecule has 1 heterocycles. The Morgan fingerprint density at radius 2 is 2.00 bits per heavy atom. The van der Waals surface area contributed by atoms with Gasteiger partial charge in [0.2, 0.25) is 0 Å². The Hall–Kier alpha value is -2.29. The van der Waals surface area contributed by atoms with Gasteiger partial charge < -0.3 is 10.1 Å². The zero-order valence-electron chi connectivity index (χ0n) is 10.6. The van der Waals surface area contributed by atoms with Crippen LogP contribution in [0.25, 0.3) is 0 Å². The van der Waals surface area contributed by atoms with Gasteiger partial charge in [-0.05, 0) is 29.7 Å². The molecule has 3 heteroatoms. The van der Waals surface area contributed by atoms with Crippen molar-refractivity contribution >= 4 is 11.7 Å². The molecule has 2 aromatic rings. The highest BCUT2D eigenvalue weighted by molar-refractivity contribution is 5.91. The van der Waals surface area contributed by atoms with Gasteiger partial charge in [0.05, 0.1) is 5.56 Å². The van der Waals surface area contributed by atoms with Crippen LogP contribution in [0.4, 0.5) is 5.69 Å². The van der Waals surface area contributed by atoms with Crippen molar-refractivity contribution in [1.29, 1.82) is 0 Å². The largest absolute Gasteiger partial charge is 0.457 e. The first kappa shape index (κ1) is 11.8. The molecule has 0 atom stereocenters. The zero-order chi connectivity index (χ0) is 13.1. The lowest BCUT2D eigenvalue weighted by Gasteiger charge is -2.06. The number of carbonyl (C=O) groups excluding carboxylic acids is 1. The lowest BCUT2D eigenvalue weighted by Crippen LogP contribution is -2.05. The van der Waals surface area contributed by atoms with Crippen LogP contribution in [0.2, 0.25) is 0 Å². The second-order valence-electron chi connectivity index (χ2n) is 4.61. The Bertz CT molecular complexity index is 593. The fourth-order valence-corrected chi connectivity index (χ4v) is 2.22. The van der Waals surface area contributed by atoms with Crippen LogP contribution in [0.3, 0.4) is 0 Å². The van der Waals surface area contributed by atoms with E-state index in [1.165, 1.54) is 5.56 Å². The number of hydrogen-bond acceptors (Lipinski definition) is 3. The number of ether oxygens (including phenoxy) is 1. The molecule has 1 aliphatic heterocycles. The van der Waals surface area contributed by atoms with Crippen molar-refractivity contribution in [1.82, 2.24) is 0 Å². The Labute approximate surface area is 112 Å². The second kappa shape index (κ2) is 5.14. The minimum atomic E-state index is -0.277. The Morgan fingerprint density at radius 1 is 1.16 bits per heavy atom. The highest BCUT2D eigenvalue weighted by Crippen LogP contribution is 2.23. The Kier molecular flexibility index (Phi) is 3.19. The van der Waals surface area contributed by atoms with Crippen molar-refractivity contribution in [2.24, 2.45) is 0 Å². The van der Waals surface area contributed by atoms with Gasteiger partial charge in [-0.25, -0.2) is 4.79 Å². The number of anilines is 1. The molecule has 0 aromatic heterocycles. The first-order chi connectivity index (χ1) is 9.33. The molecule has 2 aromatic carbocycles. The number of esters is 1. The van der Waals surface area contributed by atoms with Crippen LogP contribution in [-0.2, 0) is 17.8 Å². The van der Waals surface area contributed by atoms with Gasteiger partial charge >= 0.3 is 5.97 Å². The summed E-state index contributed by atoms with van der Waals surface area (Å²) in [6.07, 6.45) is 1.02. The molecule has 0 saturated carbocycles. The van der Waals surface area contributed by atoms with Crippen LogP contribution < -0.4 is 5.32 Å². The van der Waals surface area contributed by atoms with E-state index in [1.807, 2.05) is 48.5 Å². The highest BCUT2D eigenvalue weighted by Gasteiger charge is 2.14. The van der Waals surface area contributed by atoms with Gasteiger partial charge in [0.1, 0.15) is 6.61 Å². The summed E-state index contributed by atoms with van der Waals surface area (Å²) < 4.78 is 5.31. The van der Waals surface area contributed by atoms with E-state index in [0.29, 0.717) is 12.2 Å². The number of hydrogen-bond donors (Lipinski definition) is 1. The van der Waals surface area contributed by atoms with Crippen molar-refractivity contribution < 1.29 is 9.53 Å². The molecular weight excluding hydrogens is 238 g/mol. The molecular formula is C16H15NO2. The second-order valence-corrected chi connectivity index (χ2v) is 4.61. The van der Waals surface area contributed by atoms with Crippen LogP contribution in [0.15, 0.2) is 48.5 Å². The molecule has 1 aliphatic rings. The average molecular weight is 253 g/mol. The van der Waals surface area contributed by atoms with E-state index in [0.717, 1.165) is 24.2 Å². The first-order valence-corrected chi connectivity index (χ1v) is 6.41. The van der Waals surface area contributed by atoms with Crippen molar-refractivity contribution in [2.45, 2.75) is 13.0 Å². The summed E-state index contributed by atoms with van der Waals surface area (Å²) in [5.41, 5.74) is 3.91. The molecule has 0 fully saturated rings. The van der Waals surface area contributed by atoms with Crippen LogP contribution in [0.5, 0.6) is 0 Å². The van der Waals surface area contributed by atoms with Gasteiger partial charge in [-0.15, -0.1) is 0 Å². The summed E-state index contributed by atoms with van der Waals surface area (Å²) in [6.45, 7) is 1.25. The van der Waals surface area contributed by atoms with E-state index >= 15 is 0 Å². The number of rotatable bonds is 3. The molecule has 0 radical (unpaired) electrons. The quantitative estimate of drug-likeness (QED) is 0.854. The summed E-state index contributed by atoms with van der Waals surface area (Å²) in [6, 6.07) is 15.4. The maximum atomic E-state index is 12.0. The van der Waals surface area contributed by atoms with Crippen LogP contribution >= 0.6 is 0 Å². The zero-order valence-corrected chi connectivity index (χ0v) is 10.6. The van der Waals surface area contributed by atoms with Crippen molar-refractivity contribution in [3.05, 3.63) is 65.2 Å². The van der Waals surface area contributed by atoms with Gasteiger partial charge in [-0.3, -0.25) is 0 Å². The van der Waals surface area contributed by atoms with E-state index in [1.54, 1.807) is 0 Å². The average Bonchev–Trinajstić information content (AvgIpc) is 2.93. The number of nitrogens with one attached hydrogen (secondary N) is 1. The van der Waals surface area contributed by atoms with Gasteiger partial charge in [-0.2, -0.15) is 0 Å². The molecule has 19 heavy (non-hydrogen) atoms. The van der Waals surface area contributed by atoms with Crippen LogP contribution in [-0.4, -0.2) is 12.5 Å². The van der Waals surface area contributed by atoms with E-state index in [2.05, 4.69) is 5.32 Å². The normalized spacial score (nSPS) is 12.6. The molecule has 0 spiro atoms. The maximum Gasteiger partial charge on any atom is 0.338 e. The topological polar surface area (TPSA) is 38.3 Å². The predicted octanol–water partition coefficient (Wildman–Crippen LogP) is 3.01.